The van der Waals surface area contributed by atoms with E-state index in [9.17, 15) is 10.1 Å². The number of ether oxygens (including phenoxy) is 1. The minimum absolute atomic E-state index is 0.00732. The van der Waals surface area contributed by atoms with Gasteiger partial charge in [0.05, 0.1) is 12.3 Å². The van der Waals surface area contributed by atoms with Gasteiger partial charge in [-0.05, 0) is 47.1 Å². The first kappa shape index (κ1) is 16.8. The van der Waals surface area contributed by atoms with Crippen molar-refractivity contribution in [3.63, 3.8) is 0 Å². The van der Waals surface area contributed by atoms with Crippen molar-refractivity contribution >= 4 is 33.6 Å². The van der Waals surface area contributed by atoms with Crippen LogP contribution in [0.5, 0.6) is 5.75 Å². The minimum Gasteiger partial charge on any atom is -0.493 e. The largest absolute Gasteiger partial charge is 0.493 e. The maximum absolute atomic E-state index is 12.3. The Kier molecular flexibility index (Phi) is 5.95. The van der Waals surface area contributed by atoms with E-state index in [0.29, 0.717) is 23.6 Å². The van der Waals surface area contributed by atoms with E-state index in [1.807, 2.05) is 37.3 Å². The highest BCUT2D eigenvalue weighted by Crippen LogP contribution is 2.24. The monoisotopic (exact) mass is 370 g/mol. The molecular formula is C18H15BrN2O2. The number of carbonyl (C=O) groups excluding carboxylic acids is 1. The maximum Gasteiger partial charge on any atom is 0.266 e. The van der Waals surface area contributed by atoms with Gasteiger partial charge in [0.25, 0.3) is 5.91 Å². The molecule has 116 valence electrons. The van der Waals surface area contributed by atoms with Crippen LogP contribution in [0.15, 0.2) is 58.6 Å². The molecule has 0 atom stereocenters. The van der Waals surface area contributed by atoms with E-state index >= 15 is 0 Å². The zero-order valence-electron chi connectivity index (χ0n) is 12.5. The Morgan fingerprint density at radius 2 is 1.96 bits per heavy atom. The highest BCUT2D eigenvalue weighted by Gasteiger charge is 2.12. The number of benzene rings is 2. The standard InChI is InChI=1S/C18H15BrN2O2/c1-2-23-17-10-6-3-7-13(17)11-14(12-20)18(22)21-16-9-5-4-8-15(16)19/h3-11H,2H2,1H3,(H,21,22)/b14-11+. The molecule has 2 rings (SSSR count). The summed E-state index contributed by atoms with van der Waals surface area (Å²) >= 11 is 3.36. The Morgan fingerprint density at radius 1 is 1.26 bits per heavy atom. The molecule has 0 saturated heterocycles. The van der Waals surface area contributed by atoms with E-state index in [1.165, 1.54) is 6.08 Å². The van der Waals surface area contributed by atoms with Crippen LogP contribution in [-0.2, 0) is 4.79 Å². The number of hydrogen-bond acceptors (Lipinski definition) is 3. The van der Waals surface area contributed by atoms with E-state index in [0.717, 1.165) is 4.47 Å². The Balaban J connectivity index is 2.27. The average Bonchev–Trinajstić information content (AvgIpc) is 2.56. The van der Waals surface area contributed by atoms with Gasteiger partial charge in [-0.1, -0.05) is 30.3 Å². The number of amides is 1. The number of carbonyl (C=O) groups is 1. The van der Waals surface area contributed by atoms with Gasteiger partial charge in [-0.15, -0.1) is 0 Å². The van der Waals surface area contributed by atoms with Gasteiger partial charge in [0.2, 0.25) is 0 Å². The van der Waals surface area contributed by atoms with Crippen LogP contribution in [0.4, 0.5) is 5.69 Å². The van der Waals surface area contributed by atoms with Gasteiger partial charge in [-0.2, -0.15) is 5.26 Å². The van der Waals surface area contributed by atoms with Crippen molar-refractivity contribution in [3.05, 3.63) is 64.1 Å². The number of anilines is 1. The zero-order valence-corrected chi connectivity index (χ0v) is 14.1. The molecule has 2 aromatic carbocycles. The van der Waals surface area contributed by atoms with Crippen LogP contribution in [0, 0.1) is 11.3 Å². The van der Waals surface area contributed by atoms with Crippen LogP contribution < -0.4 is 10.1 Å². The Labute approximate surface area is 143 Å². The molecule has 0 aliphatic rings. The first-order chi connectivity index (χ1) is 11.2. The van der Waals surface area contributed by atoms with Gasteiger partial charge < -0.3 is 10.1 Å². The zero-order chi connectivity index (χ0) is 16.7. The number of para-hydroxylation sites is 2. The highest BCUT2D eigenvalue weighted by atomic mass is 79.9. The summed E-state index contributed by atoms with van der Waals surface area (Å²) in [7, 11) is 0. The maximum atomic E-state index is 12.3. The lowest BCUT2D eigenvalue weighted by Gasteiger charge is -2.08. The smallest absolute Gasteiger partial charge is 0.266 e. The second-order valence-electron chi connectivity index (χ2n) is 4.57. The fourth-order valence-electron chi connectivity index (χ4n) is 1.94. The summed E-state index contributed by atoms with van der Waals surface area (Å²) in [6, 6.07) is 16.4. The minimum atomic E-state index is -0.467. The summed E-state index contributed by atoms with van der Waals surface area (Å²) in [5, 5.41) is 12.0. The fourth-order valence-corrected chi connectivity index (χ4v) is 2.33. The SMILES string of the molecule is CCOc1ccccc1/C=C(\C#N)C(=O)Nc1ccccc1Br. The second-order valence-corrected chi connectivity index (χ2v) is 5.43. The normalized spacial score (nSPS) is 10.7. The Hall–Kier alpha value is -2.58. The number of nitrogens with one attached hydrogen (secondary N) is 1. The van der Waals surface area contributed by atoms with Crippen molar-refractivity contribution in [3.8, 4) is 11.8 Å². The summed E-state index contributed by atoms with van der Waals surface area (Å²) < 4.78 is 6.26. The lowest BCUT2D eigenvalue weighted by Crippen LogP contribution is -2.13. The molecule has 0 aliphatic carbocycles. The summed E-state index contributed by atoms with van der Waals surface area (Å²) in [5.74, 6) is 0.169. The molecule has 0 bridgehead atoms. The van der Waals surface area contributed by atoms with Crippen LogP contribution in [0.3, 0.4) is 0 Å². The highest BCUT2D eigenvalue weighted by molar-refractivity contribution is 9.10. The molecule has 4 nitrogen and oxygen atoms in total. The van der Waals surface area contributed by atoms with Crippen LogP contribution in [0.1, 0.15) is 12.5 Å². The molecule has 5 heteroatoms. The van der Waals surface area contributed by atoms with Crippen molar-refractivity contribution in [2.24, 2.45) is 0 Å². The number of halogens is 1. The summed E-state index contributed by atoms with van der Waals surface area (Å²) in [5.41, 5.74) is 1.30. The van der Waals surface area contributed by atoms with Gasteiger partial charge >= 0.3 is 0 Å². The van der Waals surface area contributed by atoms with Gasteiger partial charge in [-0.25, -0.2) is 0 Å². The summed E-state index contributed by atoms with van der Waals surface area (Å²) in [4.78, 5) is 12.3. The first-order valence-corrected chi connectivity index (χ1v) is 7.84. The van der Waals surface area contributed by atoms with E-state index in [4.69, 9.17) is 4.74 Å². The molecule has 0 radical (unpaired) electrons. The topological polar surface area (TPSA) is 62.1 Å². The van der Waals surface area contributed by atoms with E-state index in [2.05, 4.69) is 21.2 Å². The van der Waals surface area contributed by atoms with Crippen LogP contribution in [0.25, 0.3) is 6.08 Å². The van der Waals surface area contributed by atoms with Crippen molar-refractivity contribution in [2.75, 3.05) is 11.9 Å². The molecule has 1 amide bonds. The van der Waals surface area contributed by atoms with Crippen molar-refractivity contribution in [2.45, 2.75) is 6.92 Å². The molecule has 0 saturated carbocycles. The predicted molar refractivity (Wildman–Crippen MR) is 94.0 cm³/mol. The van der Waals surface area contributed by atoms with Gasteiger partial charge in [-0.3, -0.25) is 4.79 Å². The summed E-state index contributed by atoms with van der Waals surface area (Å²) in [6.45, 7) is 2.39. The van der Waals surface area contributed by atoms with Gasteiger partial charge in [0.15, 0.2) is 0 Å². The van der Waals surface area contributed by atoms with Crippen molar-refractivity contribution in [1.82, 2.24) is 0 Å². The van der Waals surface area contributed by atoms with E-state index in [-0.39, 0.29) is 5.57 Å². The molecule has 1 N–H and O–H groups in total. The molecule has 0 fully saturated rings. The molecule has 23 heavy (non-hydrogen) atoms. The lowest BCUT2D eigenvalue weighted by atomic mass is 10.1. The van der Waals surface area contributed by atoms with Gasteiger partial charge in [0.1, 0.15) is 17.4 Å². The van der Waals surface area contributed by atoms with Gasteiger partial charge in [0, 0.05) is 10.0 Å². The lowest BCUT2D eigenvalue weighted by molar-refractivity contribution is -0.112. The molecule has 2 aromatic rings. The van der Waals surface area contributed by atoms with Crippen LogP contribution in [0.2, 0.25) is 0 Å². The predicted octanol–water partition coefficient (Wildman–Crippen LogP) is 4.39. The average molecular weight is 371 g/mol. The third-order valence-electron chi connectivity index (χ3n) is 3.01. The third-order valence-corrected chi connectivity index (χ3v) is 3.70. The quantitative estimate of drug-likeness (QED) is 0.626. The van der Waals surface area contributed by atoms with Crippen molar-refractivity contribution in [1.29, 1.82) is 5.26 Å². The Bertz CT molecular complexity index is 779. The second kappa shape index (κ2) is 8.16. The van der Waals surface area contributed by atoms with Crippen LogP contribution in [-0.4, -0.2) is 12.5 Å². The third kappa shape index (κ3) is 4.44. The molecule has 0 aliphatic heterocycles. The first-order valence-electron chi connectivity index (χ1n) is 7.05. The molecular weight excluding hydrogens is 356 g/mol. The molecule has 0 spiro atoms. The molecule has 0 heterocycles. The summed E-state index contributed by atoms with van der Waals surface area (Å²) in [6.07, 6.45) is 1.52. The number of rotatable bonds is 5. The number of nitrogens with zero attached hydrogens (tertiary/aromatic N) is 1. The van der Waals surface area contributed by atoms with Crippen LogP contribution >= 0.6 is 15.9 Å². The van der Waals surface area contributed by atoms with E-state index < -0.39 is 5.91 Å². The van der Waals surface area contributed by atoms with E-state index in [1.54, 1.807) is 24.3 Å². The van der Waals surface area contributed by atoms with Crippen molar-refractivity contribution < 1.29 is 9.53 Å². The molecule has 0 aromatic heterocycles. The molecule has 0 unspecified atom stereocenters. The number of hydrogen-bond donors (Lipinski definition) is 1. The Morgan fingerprint density at radius 3 is 2.65 bits per heavy atom. The number of nitriles is 1. The fraction of sp³-hybridized carbons (Fsp3) is 0.111.